The minimum atomic E-state index is 0.204. The molecular formula is C17H28N2O2. The molecule has 0 spiro atoms. The molecule has 4 nitrogen and oxygen atoms in total. The highest BCUT2D eigenvalue weighted by Gasteiger charge is 2.12. The molecule has 1 atom stereocenters. The second kappa shape index (κ2) is 8.25. The first-order valence-electron chi connectivity index (χ1n) is 8.00. The zero-order valence-corrected chi connectivity index (χ0v) is 13.3. The standard InChI is InChI=1S/C17H28N2O2/c1-3-15(18)11-14-7-8-16(17(12-14)20-2)21-13-19-9-5-4-6-10-19/h7-8,12,15H,3-6,9-11,13,18H2,1-2H3. The molecule has 1 heterocycles. The Kier molecular flexibility index (Phi) is 6.33. The van der Waals surface area contributed by atoms with Gasteiger partial charge in [-0.05, 0) is 43.4 Å². The smallest absolute Gasteiger partial charge is 0.163 e. The number of likely N-dealkylation sites (tertiary alicyclic amines) is 1. The minimum Gasteiger partial charge on any atom is -0.493 e. The van der Waals surface area contributed by atoms with Crippen molar-refractivity contribution < 1.29 is 9.47 Å². The molecule has 0 bridgehead atoms. The van der Waals surface area contributed by atoms with Gasteiger partial charge < -0.3 is 15.2 Å². The Labute approximate surface area is 128 Å². The van der Waals surface area contributed by atoms with E-state index in [1.165, 1.54) is 24.8 Å². The van der Waals surface area contributed by atoms with Gasteiger partial charge in [-0.2, -0.15) is 0 Å². The minimum absolute atomic E-state index is 0.204. The maximum atomic E-state index is 6.01. The molecule has 118 valence electrons. The Morgan fingerprint density at radius 3 is 2.62 bits per heavy atom. The van der Waals surface area contributed by atoms with Crippen molar-refractivity contribution in [3.8, 4) is 11.5 Å². The van der Waals surface area contributed by atoms with Gasteiger partial charge in [0, 0.05) is 19.1 Å². The van der Waals surface area contributed by atoms with E-state index in [1.807, 2.05) is 12.1 Å². The average molecular weight is 292 g/mol. The maximum absolute atomic E-state index is 6.01. The van der Waals surface area contributed by atoms with Crippen LogP contribution in [-0.4, -0.2) is 37.9 Å². The van der Waals surface area contributed by atoms with Crippen molar-refractivity contribution in [2.45, 2.75) is 45.1 Å². The monoisotopic (exact) mass is 292 g/mol. The van der Waals surface area contributed by atoms with Crippen LogP contribution in [0.25, 0.3) is 0 Å². The Bertz CT molecular complexity index is 431. The Balaban J connectivity index is 1.95. The van der Waals surface area contributed by atoms with Gasteiger partial charge in [-0.15, -0.1) is 0 Å². The molecule has 0 amide bonds. The Morgan fingerprint density at radius 1 is 1.19 bits per heavy atom. The predicted octanol–water partition coefficient (Wildman–Crippen LogP) is 2.80. The van der Waals surface area contributed by atoms with Crippen LogP contribution in [0.3, 0.4) is 0 Å². The highest BCUT2D eigenvalue weighted by Crippen LogP contribution is 2.29. The molecule has 2 rings (SSSR count). The van der Waals surface area contributed by atoms with Gasteiger partial charge in [-0.3, -0.25) is 4.90 Å². The highest BCUT2D eigenvalue weighted by molar-refractivity contribution is 5.43. The fraction of sp³-hybridized carbons (Fsp3) is 0.647. The number of nitrogens with two attached hydrogens (primary N) is 1. The van der Waals surface area contributed by atoms with Crippen molar-refractivity contribution >= 4 is 0 Å². The number of ether oxygens (including phenoxy) is 2. The summed E-state index contributed by atoms with van der Waals surface area (Å²) in [5.74, 6) is 1.62. The number of benzene rings is 1. The van der Waals surface area contributed by atoms with E-state index in [0.29, 0.717) is 6.73 Å². The maximum Gasteiger partial charge on any atom is 0.163 e. The summed E-state index contributed by atoms with van der Waals surface area (Å²) < 4.78 is 11.4. The summed E-state index contributed by atoms with van der Waals surface area (Å²) in [4.78, 5) is 2.35. The van der Waals surface area contributed by atoms with Crippen LogP contribution in [0.1, 0.15) is 38.2 Å². The highest BCUT2D eigenvalue weighted by atomic mass is 16.5. The van der Waals surface area contributed by atoms with Crippen molar-refractivity contribution in [2.24, 2.45) is 5.73 Å². The molecule has 1 fully saturated rings. The van der Waals surface area contributed by atoms with E-state index < -0.39 is 0 Å². The summed E-state index contributed by atoms with van der Waals surface area (Å²) in [7, 11) is 1.69. The normalized spacial score (nSPS) is 17.5. The second-order valence-corrected chi connectivity index (χ2v) is 5.81. The van der Waals surface area contributed by atoms with Gasteiger partial charge in [0.15, 0.2) is 11.5 Å². The summed E-state index contributed by atoms with van der Waals surface area (Å²) in [5, 5.41) is 0. The summed E-state index contributed by atoms with van der Waals surface area (Å²) in [5.41, 5.74) is 7.21. The number of piperidine rings is 1. The fourth-order valence-corrected chi connectivity index (χ4v) is 2.65. The first-order valence-corrected chi connectivity index (χ1v) is 8.00. The van der Waals surface area contributed by atoms with Crippen molar-refractivity contribution in [3.63, 3.8) is 0 Å². The lowest BCUT2D eigenvalue weighted by molar-refractivity contribution is 0.104. The molecule has 1 aliphatic heterocycles. The number of hydrogen-bond acceptors (Lipinski definition) is 4. The van der Waals surface area contributed by atoms with Crippen LogP contribution < -0.4 is 15.2 Å². The average Bonchev–Trinajstić information content (AvgIpc) is 2.54. The molecule has 0 aliphatic carbocycles. The quantitative estimate of drug-likeness (QED) is 0.839. The number of hydrogen-bond donors (Lipinski definition) is 1. The van der Waals surface area contributed by atoms with Crippen molar-refractivity contribution in [3.05, 3.63) is 23.8 Å². The van der Waals surface area contributed by atoms with E-state index in [9.17, 15) is 0 Å². The van der Waals surface area contributed by atoms with Crippen LogP contribution in [0.4, 0.5) is 0 Å². The molecule has 0 aromatic heterocycles. The number of rotatable bonds is 7. The molecule has 1 saturated heterocycles. The van der Waals surface area contributed by atoms with Crippen LogP contribution in [-0.2, 0) is 6.42 Å². The predicted molar refractivity (Wildman–Crippen MR) is 85.9 cm³/mol. The topological polar surface area (TPSA) is 47.7 Å². The third-order valence-electron chi connectivity index (χ3n) is 4.10. The van der Waals surface area contributed by atoms with Gasteiger partial charge >= 0.3 is 0 Å². The molecule has 4 heteroatoms. The molecule has 1 aliphatic rings. The van der Waals surface area contributed by atoms with Gasteiger partial charge in [0.25, 0.3) is 0 Å². The van der Waals surface area contributed by atoms with E-state index in [0.717, 1.165) is 37.4 Å². The first kappa shape index (κ1) is 16.1. The fourth-order valence-electron chi connectivity index (χ4n) is 2.65. The number of nitrogens with zero attached hydrogens (tertiary/aromatic N) is 1. The zero-order valence-electron chi connectivity index (χ0n) is 13.3. The zero-order chi connectivity index (χ0) is 15.1. The summed E-state index contributed by atoms with van der Waals surface area (Å²) in [6, 6.07) is 6.33. The molecule has 2 N–H and O–H groups in total. The summed E-state index contributed by atoms with van der Waals surface area (Å²) in [6.07, 6.45) is 5.74. The van der Waals surface area contributed by atoms with Gasteiger partial charge in [0.1, 0.15) is 6.73 Å². The van der Waals surface area contributed by atoms with Crippen LogP contribution in [0.2, 0.25) is 0 Å². The summed E-state index contributed by atoms with van der Waals surface area (Å²) in [6.45, 7) is 5.01. The second-order valence-electron chi connectivity index (χ2n) is 5.81. The molecule has 21 heavy (non-hydrogen) atoms. The third kappa shape index (κ3) is 4.90. The van der Waals surface area contributed by atoms with Crippen LogP contribution in [0.5, 0.6) is 11.5 Å². The summed E-state index contributed by atoms with van der Waals surface area (Å²) >= 11 is 0. The molecule has 1 aromatic rings. The molecule has 1 aromatic carbocycles. The first-order chi connectivity index (χ1) is 10.2. The van der Waals surface area contributed by atoms with Gasteiger partial charge in [0.05, 0.1) is 7.11 Å². The van der Waals surface area contributed by atoms with Gasteiger partial charge in [-0.25, -0.2) is 0 Å². The largest absolute Gasteiger partial charge is 0.493 e. The van der Waals surface area contributed by atoms with Crippen molar-refractivity contribution in [1.82, 2.24) is 4.90 Å². The van der Waals surface area contributed by atoms with Crippen LogP contribution in [0.15, 0.2) is 18.2 Å². The Hall–Kier alpha value is -1.26. The van der Waals surface area contributed by atoms with E-state index in [-0.39, 0.29) is 6.04 Å². The van der Waals surface area contributed by atoms with Crippen LogP contribution >= 0.6 is 0 Å². The van der Waals surface area contributed by atoms with Crippen molar-refractivity contribution in [1.29, 1.82) is 0 Å². The lowest BCUT2D eigenvalue weighted by Crippen LogP contribution is -2.33. The van der Waals surface area contributed by atoms with E-state index in [1.54, 1.807) is 7.11 Å². The van der Waals surface area contributed by atoms with E-state index in [4.69, 9.17) is 15.2 Å². The molecular weight excluding hydrogens is 264 g/mol. The van der Waals surface area contributed by atoms with E-state index in [2.05, 4.69) is 17.9 Å². The SMILES string of the molecule is CCC(N)Cc1ccc(OCN2CCCCC2)c(OC)c1. The third-order valence-corrected chi connectivity index (χ3v) is 4.10. The van der Waals surface area contributed by atoms with Crippen molar-refractivity contribution in [2.75, 3.05) is 26.9 Å². The number of methoxy groups -OCH3 is 1. The Morgan fingerprint density at radius 2 is 1.95 bits per heavy atom. The van der Waals surface area contributed by atoms with E-state index >= 15 is 0 Å². The van der Waals surface area contributed by atoms with Crippen LogP contribution in [0, 0.1) is 0 Å². The van der Waals surface area contributed by atoms with Gasteiger partial charge in [0.2, 0.25) is 0 Å². The lowest BCUT2D eigenvalue weighted by Gasteiger charge is -2.26. The lowest BCUT2D eigenvalue weighted by atomic mass is 10.0. The molecule has 1 unspecified atom stereocenters. The molecule has 0 saturated carbocycles. The molecule has 0 radical (unpaired) electrons. The van der Waals surface area contributed by atoms with Gasteiger partial charge in [-0.1, -0.05) is 19.4 Å².